The van der Waals surface area contributed by atoms with Crippen molar-refractivity contribution in [3.05, 3.63) is 24.3 Å². The lowest BCUT2D eigenvalue weighted by molar-refractivity contribution is -0.914. The molecule has 0 saturated heterocycles. The average Bonchev–Trinajstić information content (AvgIpc) is 3.14. The third-order valence-electron chi connectivity index (χ3n) is 10.9. The molecule has 330 valence electrons. The fraction of sp³-hybridized carbons (Fsp3) is 0.875. The molecule has 0 aromatic heterocycles. The Labute approximate surface area is 347 Å². The number of aliphatic hydroxyl groups excluding tert-OH is 2. The smallest absolute Gasteiger partial charge is 0.306 e. The molecule has 0 heterocycles. The van der Waals surface area contributed by atoms with Gasteiger partial charge >= 0.3 is 11.9 Å². The van der Waals surface area contributed by atoms with E-state index in [1.54, 1.807) is 0 Å². The molecular formula is C48H94N2O6+2. The normalized spacial score (nSPS) is 13.5. The van der Waals surface area contributed by atoms with Crippen molar-refractivity contribution in [2.75, 3.05) is 67.6 Å². The number of allylic oxidation sites excluding steroid dienone is 4. The number of hydrogen-bond donors (Lipinski definition) is 2. The maximum atomic E-state index is 13.3. The first-order valence-corrected chi connectivity index (χ1v) is 23.5. The fourth-order valence-corrected chi connectivity index (χ4v) is 7.35. The van der Waals surface area contributed by atoms with Crippen LogP contribution < -0.4 is 0 Å². The van der Waals surface area contributed by atoms with Crippen molar-refractivity contribution in [2.24, 2.45) is 0 Å². The summed E-state index contributed by atoms with van der Waals surface area (Å²) in [5.41, 5.74) is 0. The maximum absolute atomic E-state index is 13.3. The van der Waals surface area contributed by atoms with Crippen LogP contribution in [0.3, 0.4) is 0 Å². The van der Waals surface area contributed by atoms with Gasteiger partial charge in [-0.3, -0.25) is 9.59 Å². The van der Waals surface area contributed by atoms with Gasteiger partial charge in [-0.1, -0.05) is 141 Å². The summed E-state index contributed by atoms with van der Waals surface area (Å²) in [6.45, 7) is 6.06. The first-order valence-electron chi connectivity index (χ1n) is 23.5. The van der Waals surface area contributed by atoms with Gasteiger partial charge in [-0.25, -0.2) is 0 Å². The van der Waals surface area contributed by atoms with E-state index in [1.165, 1.54) is 109 Å². The molecule has 0 amide bonds. The Hall–Kier alpha value is -1.74. The van der Waals surface area contributed by atoms with E-state index in [9.17, 15) is 19.8 Å². The molecule has 0 radical (unpaired) electrons. The van der Waals surface area contributed by atoms with Gasteiger partial charge in [0, 0.05) is 12.8 Å². The van der Waals surface area contributed by atoms with Gasteiger partial charge in [0.1, 0.15) is 26.2 Å². The molecule has 2 unspecified atom stereocenters. The number of quaternary nitrogens is 2. The van der Waals surface area contributed by atoms with E-state index in [0.29, 0.717) is 48.0 Å². The predicted molar refractivity (Wildman–Crippen MR) is 237 cm³/mol. The molecule has 0 bridgehead atoms. The Balaban J connectivity index is 4.88. The molecule has 2 atom stereocenters. The standard InChI is InChI=1S/C48H94N2O6/c1-7-9-11-13-15-17-19-21-23-25-27-29-31-33-35-37-47(53)55-45(43-49(3,4)5)46(44-50(6,39-41-51)40-42-52)56-48(54)38-36-34-32-30-28-26-24-22-20-18-16-14-12-10-8-2/h21-24,45-46,51-52H,7-20,25-44H2,1-6H3/q+2. The number of esters is 2. The molecule has 56 heavy (non-hydrogen) atoms. The van der Waals surface area contributed by atoms with E-state index in [-0.39, 0.29) is 25.2 Å². The minimum absolute atomic E-state index is 0.0542. The Bertz CT molecular complexity index is 956. The van der Waals surface area contributed by atoms with Gasteiger partial charge in [-0.2, -0.15) is 0 Å². The zero-order valence-electron chi connectivity index (χ0n) is 37.9. The highest BCUT2D eigenvalue weighted by molar-refractivity contribution is 5.70. The molecule has 0 aliphatic carbocycles. The zero-order valence-corrected chi connectivity index (χ0v) is 37.9. The van der Waals surface area contributed by atoms with Gasteiger partial charge in [0.15, 0.2) is 12.2 Å². The van der Waals surface area contributed by atoms with E-state index in [1.807, 2.05) is 28.2 Å². The number of hydrogen-bond acceptors (Lipinski definition) is 6. The van der Waals surface area contributed by atoms with E-state index < -0.39 is 12.2 Å². The minimum atomic E-state index is -0.677. The van der Waals surface area contributed by atoms with Crippen molar-refractivity contribution in [3.8, 4) is 0 Å². The number of nitrogens with zero attached hydrogens (tertiary/aromatic N) is 2. The Kier molecular flexibility index (Phi) is 36.4. The van der Waals surface area contributed by atoms with Crippen LogP contribution in [0.25, 0.3) is 0 Å². The first kappa shape index (κ1) is 54.3. The Morgan fingerprint density at radius 2 is 0.768 bits per heavy atom. The summed E-state index contributed by atoms with van der Waals surface area (Å²) < 4.78 is 13.2. The van der Waals surface area contributed by atoms with Crippen molar-refractivity contribution in [1.82, 2.24) is 0 Å². The second-order valence-electron chi connectivity index (χ2n) is 17.9. The highest BCUT2D eigenvalue weighted by Crippen LogP contribution is 2.19. The lowest BCUT2D eigenvalue weighted by Crippen LogP contribution is -2.58. The van der Waals surface area contributed by atoms with Crippen LogP contribution in [0.1, 0.15) is 194 Å². The summed E-state index contributed by atoms with van der Waals surface area (Å²) in [7, 11) is 8.09. The largest absolute Gasteiger partial charge is 0.452 e. The summed E-state index contributed by atoms with van der Waals surface area (Å²) in [5, 5.41) is 19.7. The zero-order chi connectivity index (χ0) is 41.6. The van der Waals surface area contributed by atoms with Gasteiger partial charge in [-0.15, -0.1) is 0 Å². The van der Waals surface area contributed by atoms with E-state index in [2.05, 4.69) is 38.2 Å². The molecule has 0 rings (SSSR count). The van der Waals surface area contributed by atoms with Crippen LogP contribution in [-0.4, -0.2) is 111 Å². The number of rotatable bonds is 41. The number of aliphatic hydroxyl groups is 2. The van der Waals surface area contributed by atoms with Gasteiger partial charge in [0.25, 0.3) is 0 Å². The quantitative estimate of drug-likeness (QED) is 0.0277. The highest BCUT2D eigenvalue weighted by atomic mass is 16.6. The van der Waals surface area contributed by atoms with Crippen LogP contribution in [-0.2, 0) is 19.1 Å². The average molecular weight is 795 g/mol. The molecular weight excluding hydrogens is 701 g/mol. The number of likely N-dealkylation sites (N-methyl/N-ethyl adjacent to an activating group) is 2. The number of ether oxygens (including phenoxy) is 2. The summed E-state index contributed by atoms with van der Waals surface area (Å²) in [6, 6.07) is 0. The molecule has 8 nitrogen and oxygen atoms in total. The third kappa shape index (κ3) is 35.4. The van der Waals surface area contributed by atoms with Crippen LogP contribution in [0.4, 0.5) is 0 Å². The van der Waals surface area contributed by atoms with Gasteiger partial charge in [0.05, 0.1) is 41.4 Å². The van der Waals surface area contributed by atoms with Crippen molar-refractivity contribution >= 4 is 11.9 Å². The topological polar surface area (TPSA) is 93.1 Å². The molecule has 0 fully saturated rings. The predicted octanol–water partition coefficient (Wildman–Crippen LogP) is 11.0. The lowest BCUT2D eigenvalue weighted by atomic mass is 10.1. The van der Waals surface area contributed by atoms with Gasteiger partial charge in [-0.05, 0) is 64.2 Å². The molecule has 0 aromatic rings. The minimum Gasteiger partial charge on any atom is -0.452 e. The van der Waals surface area contributed by atoms with Crippen LogP contribution in [0, 0.1) is 0 Å². The van der Waals surface area contributed by atoms with Gasteiger partial charge in [0.2, 0.25) is 0 Å². The Morgan fingerprint density at radius 3 is 1.09 bits per heavy atom. The van der Waals surface area contributed by atoms with Gasteiger partial charge < -0.3 is 28.7 Å². The van der Waals surface area contributed by atoms with Crippen molar-refractivity contribution in [3.63, 3.8) is 0 Å². The van der Waals surface area contributed by atoms with Crippen molar-refractivity contribution in [2.45, 2.75) is 206 Å². The van der Waals surface area contributed by atoms with E-state index in [0.717, 1.165) is 57.8 Å². The molecule has 0 saturated carbocycles. The summed E-state index contributed by atoms with van der Waals surface area (Å²) in [4.78, 5) is 26.5. The number of carbonyl (C=O) groups is 2. The third-order valence-corrected chi connectivity index (χ3v) is 10.9. The highest BCUT2D eigenvalue weighted by Gasteiger charge is 2.39. The molecule has 2 N–H and O–H groups in total. The monoisotopic (exact) mass is 795 g/mol. The number of carbonyl (C=O) groups excluding carboxylic acids is 2. The second-order valence-corrected chi connectivity index (χ2v) is 17.9. The molecule has 0 spiro atoms. The second kappa shape index (κ2) is 37.5. The van der Waals surface area contributed by atoms with Crippen LogP contribution in [0.5, 0.6) is 0 Å². The Morgan fingerprint density at radius 1 is 0.464 bits per heavy atom. The van der Waals surface area contributed by atoms with Crippen LogP contribution >= 0.6 is 0 Å². The maximum Gasteiger partial charge on any atom is 0.306 e. The summed E-state index contributed by atoms with van der Waals surface area (Å²) in [6.07, 6.45) is 39.9. The van der Waals surface area contributed by atoms with E-state index >= 15 is 0 Å². The molecule has 0 aliphatic heterocycles. The number of unbranched alkanes of at least 4 members (excludes halogenated alkanes) is 22. The van der Waals surface area contributed by atoms with Crippen molar-refractivity contribution < 1.29 is 38.2 Å². The lowest BCUT2D eigenvalue weighted by Gasteiger charge is -2.39. The first-order chi connectivity index (χ1) is 27.0. The van der Waals surface area contributed by atoms with Crippen LogP contribution in [0.2, 0.25) is 0 Å². The van der Waals surface area contributed by atoms with Crippen LogP contribution in [0.15, 0.2) is 24.3 Å². The molecule has 0 aromatic carbocycles. The van der Waals surface area contributed by atoms with E-state index in [4.69, 9.17) is 9.47 Å². The fourth-order valence-electron chi connectivity index (χ4n) is 7.35. The SMILES string of the molecule is CCCCCCCCC=CCCCCCCCC(=O)OC(C[N+](C)(C)C)C(C[N+](C)(CCO)CCO)OC(=O)CCCCCCCC=CCCCCCCCC. The summed E-state index contributed by atoms with van der Waals surface area (Å²) in [5.74, 6) is -0.523. The van der Waals surface area contributed by atoms with Crippen molar-refractivity contribution in [1.29, 1.82) is 0 Å². The summed E-state index contributed by atoms with van der Waals surface area (Å²) >= 11 is 0. The molecule has 8 heteroatoms. The molecule has 0 aliphatic rings.